The van der Waals surface area contributed by atoms with Gasteiger partial charge in [0, 0.05) is 37.0 Å². The molecule has 0 spiro atoms. The molecule has 0 aromatic carbocycles. The average Bonchev–Trinajstić information content (AvgIpc) is 2.92. The van der Waals surface area contributed by atoms with Gasteiger partial charge in [0.15, 0.2) is 5.16 Å². The van der Waals surface area contributed by atoms with E-state index in [1.165, 1.54) is 0 Å². The predicted octanol–water partition coefficient (Wildman–Crippen LogP) is 2.51. The Bertz CT molecular complexity index is 837. The number of aromatic nitrogens is 4. The highest BCUT2D eigenvalue weighted by atomic mass is 32.2. The fourth-order valence-electron chi connectivity index (χ4n) is 2.14. The Morgan fingerprint density at radius 2 is 2.14 bits per heavy atom. The van der Waals surface area contributed by atoms with Gasteiger partial charge in [-0.1, -0.05) is 11.8 Å². The third kappa shape index (κ3) is 2.85. The first-order valence-electron chi connectivity index (χ1n) is 6.80. The van der Waals surface area contributed by atoms with E-state index >= 15 is 0 Å². The molecule has 3 aromatic rings. The van der Waals surface area contributed by atoms with Crippen molar-refractivity contribution in [2.24, 2.45) is 0 Å². The lowest BCUT2D eigenvalue weighted by molar-refractivity contribution is 0.681. The molecule has 0 fully saturated rings. The molecule has 0 radical (unpaired) electrons. The van der Waals surface area contributed by atoms with Crippen LogP contribution in [0.1, 0.15) is 18.2 Å². The average molecular weight is 300 g/mol. The number of hydrogen-bond acceptors (Lipinski definition) is 4. The zero-order valence-corrected chi connectivity index (χ0v) is 12.8. The predicted molar refractivity (Wildman–Crippen MR) is 83.7 cm³/mol. The van der Waals surface area contributed by atoms with Crippen LogP contribution in [0.2, 0.25) is 0 Å². The van der Waals surface area contributed by atoms with Crippen molar-refractivity contribution in [2.75, 3.05) is 0 Å². The Morgan fingerprint density at radius 1 is 1.29 bits per heavy atom. The molecule has 0 aliphatic heterocycles. The van der Waals surface area contributed by atoms with Crippen molar-refractivity contribution in [3.8, 4) is 0 Å². The van der Waals surface area contributed by atoms with E-state index in [-0.39, 0.29) is 5.56 Å². The molecule has 5 nitrogen and oxygen atoms in total. The van der Waals surface area contributed by atoms with E-state index in [2.05, 4.69) is 21.5 Å². The lowest BCUT2D eigenvalue weighted by Crippen LogP contribution is -2.15. The summed E-state index contributed by atoms with van der Waals surface area (Å²) in [5.74, 6) is 0.636. The zero-order valence-electron chi connectivity index (χ0n) is 12.0. The number of rotatable bonds is 4. The van der Waals surface area contributed by atoms with Crippen LogP contribution in [-0.2, 0) is 12.3 Å². The summed E-state index contributed by atoms with van der Waals surface area (Å²) in [6.07, 6.45) is 5.51. The van der Waals surface area contributed by atoms with Crippen LogP contribution in [-0.4, -0.2) is 18.9 Å². The van der Waals surface area contributed by atoms with Gasteiger partial charge in [-0.05, 0) is 31.5 Å². The topological polar surface area (TPSA) is 52.2 Å². The molecule has 0 N–H and O–H groups in total. The number of hydrogen-bond donors (Lipinski definition) is 0. The molecule has 0 aliphatic rings. The molecule has 108 valence electrons. The van der Waals surface area contributed by atoms with Gasteiger partial charge in [0.05, 0.1) is 5.69 Å². The summed E-state index contributed by atoms with van der Waals surface area (Å²) in [4.78, 5) is 21.0. The molecule has 0 saturated carbocycles. The molecule has 6 heteroatoms. The molecule has 0 atom stereocenters. The minimum absolute atomic E-state index is 0.0468. The molecular weight excluding hydrogens is 284 g/mol. The third-order valence-electron chi connectivity index (χ3n) is 3.24. The summed E-state index contributed by atoms with van der Waals surface area (Å²) in [5, 5.41) is 0.948. The highest BCUT2D eigenvalue weighted by Crippen LogP contribution is 2.20. The van der Waals surface area contributed by atoms with Crippen LogP contribution in [0.3, 0.4) is 0 Å². The maximum atomic E-state index is 12.1. The van der Waals surface area contributed by atoms with Crippen LogP contribution >= 0.6 is 11.8 Å². The Labute approximate surface area is 126 Å². The van der Waals surface area contributed by atoms with E-state index in [1.54, 1.807) is 34.6 Å². The standard InChI is InChI=1S/C15H16N4OS/c1-3-18-7-5-16-15(18)21-10-12-9-14(20)19-6-4-11(2)8-13(19)17-12/h4-9H,3,10H2,1-2H3. The molecule has 0 saturated heterocycles. The second-order valence-corrected chi connectivity index (χ2v) is 5.75. The van der Waals surface area contributed by atoms with Crippen LogP contribution in [0.15, 0.2) is 46.7 Å². The Kier molecular flexibility index (Phi) is 3.79. The van der Waals surface area contributed by atoms with Gasteiger partial charge in [0.1, 0.15) is 5.65 Å². The number of fused-ring (bicyclic) bond motifs is 1. The van der Waals surface area contributed by atoms with Gasteiger partial charge in [-0.15, -0.1) is 0 Å². The SMILES string of the molecule is CCn1ccnc1SCc1cc(=O)n2ccc(C)cc2n1. The summed E-state index contributed by atoms with van der Waals surface area (Å²) >= 11 is 1.59. The molecule has 3 rings (SSSR count). The van der Waals surface area contributed by atoms with Crippen LogP contribution in [0.25, 0.3) is 5.65 Å². The molecule has 0 amide bonds. The molecule has 0 bridgehead atoms. The first-order valence-corrected chi connectivity index (χ1v) is 7.79. The first kappa shape index (κ1) is 13.9. The fraction of sp³-hybridized carbons (Fsp3) is 0.267. The van der Waals surface area contributed by atoms with Crippen molar-refractivity contribution in [1.29, 1.82) is 0 Å². The summed E-state index contributed by atoms with van der Waals surface area (Å²) < 4.78 is 3.64. The van der Waals surface area contributed by atoms with Crippen LogP contribution in [0, 0.1) is 6.92 Å². The van der Waals surface area contributed by atoms with Crippen molar-refractivity contribution in [3.63, 3.8) is 0 Å². The van der Waals surface area contributed by atoms with E-state index in [1.807, 2.05) is 25.3 Å². The minimum atomic E-state index is -0.0468. The van der Waals surface area contributed by atoms with E-state index in [9.17, 15) is 4.79 Å². The molecule has 0 unspecified atom stereocenters. The van der Waals surface area contributed by atoms with E-state index in [0.717, 1.165) is 23.0 Å². The van der Waals surface area contributed by atoms with Crippen LogP contribution in [0.5, 0.6) is 0 Å². The van der Waals surface area contributed by atoms with Gasteiger partial charge in [0.2, 0.25) is 0 Å². The first-order chi connectivity index (χ1) is 10.2. The highest BCUT2D eigenvalue weighted by molar-refractivity contribution is 7.98. The van der Waals surface area contributed by atoms with Gasteiger partial charge in [-0.3, -0.25) is 9.20 Å². The normalized spacial score (nSPS) is 11.1. The molecule has 3 aromatic heterocycles. The minimum Gasteiger partial charge on any atom is -0.326 e. The van der Waals surface area contributed by atoms with Crippen molar-refractivity contribution in [3.05, 3.63) is 58.4 Å². The van der Waals surface area contributed by atoms with Crippen molar-refractivity contribution < 1.29 is 0 Å². The number of imidazole rings is 1. The lowest BCUT2D eigenvalue weighted by Gasteiger charge is -2.06. The highest BCUT2D eigenvalue weighted by Gasteiger charge is 2.06. The van der Waals surface area contributed by atoms with Crippen LogP contribution in [0.4, 0.5) is 0 Å². The van der Waals surface area contributed by atoms with E-state index < -0.39 is 0 Å². The maximum Gasteiger partial charge on any atom is 0.258 e. The largest absolute Gasteiger partial charge is 0.326 e. The number of aryl methyl sites for hydroxylation is 2. The Morgan fingerprint density at radius 3 is 2.95 bits per heavy atom. The summed E-state index contributed by atoms with van der Waals surface area (Å²) in [5.41, 5.74) is 2.51. The number of thioether (sulfide) groups is 1. The quantitative estimate of drug-likeness (QED) is 0.695. The van der Waals surface area contributed by atoms with Gasteiger partial charge >= 0.3 is 0 Å². The molecule has 21 heavy (non-hydrogen) atoms. The summed E-state index contributed by atoms with van der Waals surface area (Å²) in [6, 6.07) is 5.42. The maximum absolute atomic E-state index is 12.1. The van der Waals surface area contributed by atoms with Gasteiger partial charge in [-0.2, -0.15) is 0 Å². The van der Waals surface area contributed by atoms with Crippen molar-refractivity contribution >= 4 is 17.4 Å². The third-order valence-corrected chi connectivity index (χ3v) is 4.28. The second-order valence-electron chi connectivity index (χ2n) is 4.80. The van der Waals surface area contributed by atoms with Gasteiger partial charge in [-0.25, -0.2) is 9.97 Å². The van der Waals surface area contributed by atoms with E-state index in [0.29, 0.717) is 11.4 Å². The molecular formula is C15H16N4OS. The summed E-state index contributed by atoms with van der Waals surface area (Å²) in [7, 11) is 0. The van der Waals surface area contributed by atoms with E-state index in [4.69, 9.17) is 0 Å². The monoisotopic (exact) mass is 300 g/mol. The lowest BCUT2D eigenvalue weighted by atomic mass is 10.3. The molecule has 3 heterocycles. The molecule has 0 aliphatic carbocycles. The number of nitrogens with zero attached hydrogens (tertiary/aromatic N) is 4. The van der Waals surface area contributed by atoms with Gasteiger partial charge < -0.3 is 4.57 Å². The zero-order chi connectivity index (χ0) is 14.8. The summed E-state index contributed by atoms with van der Waals surface area (Å²) in [6.45, 7) is 4.95. The fourth-order valence-corrected chi connectivity index (χ4v) is 3.06. The van der Waals surface area contributed by atoms with Crippen molar-refractivity contribution in [1.82, 2.24) is 18.9 Å². The smallest absolute Gasteiger partial charge is 0.258 e. The van der Waals surface area contributed by atoms with Crippen LogP contribution < -0.4 is 5.56 Å². The van der Waals surface area contributed by atoms with Gasteiger partial charge in [0.25, 0.3) is 5.56 Å². The Balaban J connectivity index is 1.89. The second kappa shape index (κ2) is 5.73. The Hall–Kier alpha value is -2.08. The number of pyridine rings is 1. The van der Waals surface area contributed by atoms with Crippen molar-refractivity contribution in [2.45, 2.75) is 31.3 Å².